The van der Waals surface area contributed by atoms with Crippen molar-refractivity contribution in [3.8, 4) is 5.75 Å². The van der Waals surface area contributed by atoms with E-state index in [0.29, 0.717) is 0 Å². The Bertz CT molecular complexity index is 423. The van der Waals surface area contributed by atoms with Crippen LogP contribution >= 0.6 is 0 Å². The maximum atomic E-state index is 5.40. The van der Waals surface area contributed by atoms with E-state index in [1.54, 1.807) is 7.11 Å². The zero-order valence-corrected chi connectivity index (χ0v) is 11.1. The highest BCUT2D eigenvalue weighted by atomic mass is 16.5. The molecule has 0 aliphatic carbocycles. The lowest BCUT2D eigenvalue weighted by atomic mass is 10.1. The van der Waals surface area contributed by atoms with Crippen LogP contribution in [0, 0.1) is 6.92 Å². The molecular formula is C16H21NO. The lowest BCUT2D eigenvalue weighted by molar-refractivity contribution is 0.415. The summed E-state index contributed by atoms with van der Waals surface area (Å²) in [5, 5.41) is 0. The molecule has 0 aromatic heterocycles. The standard InChI is InChI=1S/C9H13N.C7H8O/c1-8-2-4-9(5-3-8)6-7-10;1-8-7-5-3-2-4-6-7/h2-5H,6-7,10H2,1H3;2-6H,1H3. The molecule has 0 aliphatic heterocycles. The maximum Gasteiger partial charge on any atom is 0.118 e. The summed E-state index contributed by atoms with van der Waals surface area (Å²) in [6, 6.07) is 18.2. The van der Waals surface area contributed by atoms with Crippen LogP contribution in [0.4, 0.5) is 0 Å². The molecule has 2 aromatic carbocycles. The molecule has 0 saturated carbocycles. The van der Waals surface area contributed by atoms with Crippen LogP contribution in [0.5, 0.6) is 5.75 Å². The van der Waals surface area contributed by atoms with Gasteiger partial charge in [0.25, 0.3) is 0 Å². The minimum absolute atomic E-state index is 0.739. The normalized spacial score (nSPS) is 9.28. The molecule has 0 bridgehead atoms. The van der Waals surface area contributed by atoms with E-state index in [0.717, 1.165) is 18.7 Å². The summed E-state index contributed by atoms with van der Waals surface area (Å²) in [5.41, 5.74) is 8.03. The van der Waals surface area contributed by atoms with E-state index >= 15 is 0 Å². The zero-order valence-electron chi connectivity index (χ0n) is 11.1. The fourth-order valence-electron chi connectivity index (χ4n) is 1.48. The smallest absolute Gasteiger partial charge is 0.118 e. The van der Waals surface area contributed by atoms with Gasteiger partial charge in [0.2, 0.25) is 0 Å². The van der Waals surface area contributed by atoms with E-state index in [2.05, 4.69) is 31.2 Å². The summed E-state index contributed by atoms with van der Waals surface area (Å²) < 4.78 is 4.91. The number of rotatable bonds is 3. The fraction of sp³-hybridized carbons (Fsp3) is 0.250. The van der Waals surface area contributed by atoms with Crippen LogP contribution in [0.3, 0.4) is 0 Å². The van der Waals surface area contributed by atoms with Crippen molar-refractivity contribution >= 4 is 0 Å². The van der Waals surface area contributed by atoms with E-state index in [9.17, 15) is 0 Å². The molecule has 18 heavy (non-hydrogen) atoms. The van der Waals surface area contributed by atoms with E-state index in [-0.39, 0.29) is 0 Å². The molecule has 0 amide bonds. The van der Waals surface area contributed by atoms with Gasteiger partial charge in [-0.1, -0.05) is 48.0 Å². The highest BCUT2D eigenvalue weighted by Gasteiger charge is 1.88. The van der Waals surface area contributed by atoms with Gasteiger partial charge in [0.1, 0.15) is 5.75 Å². The van der Waals surface area contributed by atoms with Crippen molar-refractivity contribution in [3.63, 3.8) is 0 Å². The highest BCUT2D eigenvalue weighted by Crippen LogP contribution is 2.05. The Kier molecular flexibility index (Phi) is 6.59. The van der Waals surface area contributed by atoms with E-state index in [4.69, 9.17) is 10.5 Å². The van der Waals surface area contributed by atoms with E-state index in [1.807, 2.05) is 30.3 Å². The van der Waals surface area contributed by atoms with Gasteiger partial charge >= 0.3 is 0 Å². The Morgan fingerprint density at radius 3 is 2.00 bits per heavy atom. The lowest BCUT2D eigenvalue weighted by Crippen LogP contribution is -2.02. The van der Waals surface area contributed by atoms with Crippen molar-refractivity contribution in [3.05, 3.63) is 65.7 Å². The Hall–Kier alpha value is -1.80. The maximum absolute atomic E-state index is 5.40. The van der Waals surface area contributed by atoms with Crippen molar-refractivity contribution in [2.45, 2.75) is 13.3 Å². The zero-order chi connectivity index (χ0) is 13.2. The monoisotopic (exact) mass is 243 g/mol. The minimum atomic E-state index is 0.739. The van der Waals surface area contributed by atoms with Crippen molar-refractivity contribution in [1.82, 2.24) is 0 Å². The molecule has 0 saturated heterocycles. The summed E-state index contributed by atoms with van der Waals surface area (Å²) in [4.78, 5) is 0. The molecule has 0 spiro atoms. The third-order valence-electron chi connectivity index (χ3n) is 2.53. The molecule has 2 heteroatoms. The van der Waals surface area contributed by atoms with E-state index < -0.39 is 0 Å². The van der Waals surface area contributed by atoms with Gasteiger partial charge in [0.05, 0.1) is 7.11 Å². The SMILES string of the molecule is COc1ccccc1.Cc1ccc(CCN)cc1. The third kappa shape index (κ3) is 5.51. The number of nitrogens with two attached hydrogens (primary N) is 1. The molecule has 0 aliphatic rings. The van der Waals surface area contributed by atoms with Crippen molar-refractivity contribution in [1.29, 1.82) is 0 Å². The van der Waals surface area contributed by atoms with Gasteiger partial charge < -0.3 is 10.5 Å². The summed E-state index contributed by atoms with van der Waals surface area (Å²) in [6.45, 7) is 2.83. The first-order chi connectivity index (χ1) is 8.76. The van der Waals surface area contributed by atoms with Crippen LogP contribution in [-0.4, -0.2) is 13.7 Å². The first kappa shape index (κ1) is 14.3. The Balaban J connectivity index is 0.000000184. The van der Waals surface area contributed by atoms with Crippen LogP contribution in [0.15, 0.2) is 54.6 Å². The quantitative estimate of drug-likeness (QED) is 0.898. The van der Waals surface area contributed by atoms with Gasteiger partial charge in [0, 0.05) is 0 Å². The molecule has 96 valence electrons. The highest BCUT2D eigenvalue weighted by molar-refractivity contribution is 5.21. The van der Waals surface area contributed by atoms with Gasteiger partial charge in [-0.2, -0.15) is 0 Å². The predicted molar refractivity (Wildman–Crippen MR) is 76.9 cm³/mol. The van der Waals surface area contributed by atoms with Crippen molar-refractivity contribution in [2.24, 2.45) is 5.73 Å². The van der Waals surface area contributed by atoms with Crippen LogP contribution < -0.4 is 10.5 Å². The first-order valence-electron chi connectivity index (χ1n) is 6.11. The molecule has 0 atom stereocenters. The number of aryl methyl sites for hydroxylation is 1. The largest absolute Gasteiger partial charge is 0.497 e. The minimum Gasteiger partial charge on any atom is -0.497 e. The fourth-order valence-corrected chi connectivity index (χ4v) is 1.48. The molecule has 2 rings (SSSR count). The van der Waals surface area contributed by atoms with Crippen LogP contribution in [-0.2, 0) is 6.42 Å². The van der Waals surface area contributed by atoms with E-state index in [1.165, 1.54) is 11.1 Å². The molecule has 0 radical (unpaired) electrons. The van der Waals surface area contributed by atoms with Crippen molar-refractivity contribution < 1.29 is 4.74 Å². The topological polar surface area (TPSA) is 35.2 Å². The van der Waals surface area contributed by atoms with Gasteiger partial charge in [-0.05, 0) is 37.6 Å². The molecule has 2 N–H and O–H groups in total. The van der Waals surface area contributed by atoms with Crippen LogP contribution in [0.2, 0.25) is 0 Å². The number of benzene rings is 2. The van der Waals surface area contributed by atoms with Gasteiger partial charge in [0.15, 0.2) is 0 Å². The number of para-hydroxylation sites is 1. The Morgan fingerprint density at radius 2 is 1.56 bits per heavy atom. The third-order valence-corrected chi connectivity index (χ3v) is 2.53. The number of hydrogen-bond acceptors (Lipinski definition) is 2. The first-order valence-corrected chi connectivity index (χ1v) is 6.11. The average Bonchev–Trinajstić information content (AvgIpc) is 2.43. The Morgan fingerprint density at radius 1 is 0.944 bits per heavy atom. The average molecular weight is 243 g/mol. The molecular weight excluding hydrogens is 222 g/mol. The molecule has 0 unspecified atom stereocenters. The second kappa shape index (κ2) is 8.31. The number of ether oxygens (including phenoxy) is 1. The summed E-state index contributed by atoms with van der Waals surface area (Å²) >= 11 is 0. The number of methoxy groups -OCH3 is 1. The number of hydrogen-bond donors (Lipinski definition) is 1. The summed E-state index contributed by atoms with van der Waals surface area (Å²) in [5.74, 6) is 0.910. The van der Waals surface area contributed by atoms with Crippen LogP contribution in [0.25, 0.3) is 0 Å². The van der Waals surface area contributed by atoms with Crippen LogP contribution in [0.1, 0.15) is 11.1 Å². The Labute approximate surface area is 109 Å². The van der Waals surface area contributed by atoms with Crippen molar-refractivity contribution in [2.75, 3.05) is 13.7 Å². The summed E-state index contributed by atoms with van der Waals surface area (Å²) in [7, 11) is 1.66. The molecule has 0 heterocycles. The predicted octanol–water partition coefficient (Wildman–Crippen LogP) is 3.19. The molecule has 0 fully saturated rings. The van der Waals surface area contributed by atoms with Gasteiger partial charge in [-0.25, -0.2) is 0 Å². The second-order valence-electron chi connectivity index (χ2n) is 4.04. The molecule has 2 nitrogen and oxygen atoms in total. The summed E-state index contributed by atoms with van der Waals surface area (Å²) in [6.07, 6.45) is 0.986. The second-order valence-corrected chi connectivity index (χ2v) is 4.04. The van der Waals surface area contributed by atoms with Gasteiger partial charge in [-0.3, -0.25) is 0 Å². The van der Waals surface area contributed by atoms with Gasteiger partial charge in [-0.15, -0.1) is 0 Å². The molecule has 2 aromatic rings. The lowest BCUT2D eigenvalue weighted by Gasteiger charge is -1.97.